The summed E-state index contributed by atoms with van der Waals surface area (Å²) < 4.78 is 6.62. The Morgan fingerprint density at radius 3 is 2.62 bits per heavy atom. The summed E-state index contributed by atoms with van der Waals surface area (Å²) in [7, 11) is 0. The van der Waals surface area contributed by atoms with Crippen LogP contribution >= 0.6 is 11.6 Å². The Hall–Kier alpha value is -2.42. The number of unbranched alkanes of at least 4 members (excludes halogenated alkanes) is 3. The van der Waals surface area contributed by atoms with Crippen LogP contribution in [0.4, 0.5) is 5.69 Å². The Morgan fingerprint density at radius 2 is 2.00 bits per heavy atom. The summed E-state index contributed by atoms with van der Waals surface area (Å²) in [5.74, 6) is -3.62. The zero-order valence-electron chi connectivity index (χ0n) is 21.6. The largest absolute Gasteiger partial charge is 0.481 e. The topological polar surface area (TPSA) is 107 Å². The van der Waals surface area contributed by atoms with Gasteiger partial charge in [0.15, 0.2) is 0 Å². The van der Waals surface area contributed by atoms with Crippen molar-refractivity contribution in [2.45, 2.75) is 76.0 Å². The Kier molecular flexibility index (Phi) is 8.02. The van der Waals surface area contributed by atoms with Crippen molar-refractivity contribution in [1.29, 1.82) is 0 Å². The molecule has 2 N–H and O–H groups in total. The van der Waals surface area contributed by atoms with Crippen LogP contribution in [0.25, 0.3) is 0 Å². The van der Waals surface area contributed by atoms with Gasteiger partial charge in [-0.2, -0.15) is 0 Å². The van der Waals surface area contributed by atoms with Gasteiger partial charge in [-0.25, -0.2) is 0 Å². The van der Waals surface area contributed by atoms with Crippen LogP contribution in [-0.4, -0.2) is 69.8 Å². The van der Waals surface area contributed by atoms with E-state index in [1.165, 1.54) is 0 Å². The summed E-state index contributed by atoms with van der Waals surface area (Å²) in [5.41, 5.74) is -0.799. The second-order valence-corrected chi connectivity index (χ2v) is 10.9. The van der Waals surface area contributed by atoms with E-state index in [2.05, 4.69) is 6.58 Å². The molecule has 3 fully saturated rings. The number of ether oxygens (including phenoxy) is 1. The van der Waals surface area contributed by atoms with Crippen LogP contribution in [-0.2, 0) is 19.1 Å². The average Bonchev–Trinajstić information content (AvgIpc) is 3.46. The van der Waals surface area contributed by atoms with Gasteiger partial charge in [0.05, 0.1) is 22.2 Å². The zero-order chi connectivity index (χ0) is 27.0. The van der Waals surface area contributed by atoms with E-state index in [1.54, 1.807) is 21.9 Å². The molecule has 3 heterocycles. The lowest BCUT2D eigenvalue weighted by Crippen LogP contribution is -2.56. The quantitative estimate of drug-likeness (QED) is 0.312. The van der Waals surface area contributed by atoms with E-state index in [0.717, 1.165) is 18.4 Å². The van der Waals surface area contributed by atoms with E-state index in [-0.39, 0.29) is 25.0 Å². The molecule has 8 nitrogen and oxygen atoms in total. The Bertz CT molecular complexity index is 1060. The van der Waals surface area contributed by atoms with E-state index in [4.69, 9.17) is 21.4 Å². The first-order valence-corrected chi connectivity index (χ1v) is 13.6. The number of nitrogens with zero attached hydrogens (tertiary/aromatic N) is 2. The highest BCUT2D eigenvalue weighted by molar-refractivity contribution is 6.34. The predicted molar refractivity (Wildman–Crippen MR) is 140 cm³/mol. The normalized spacial score (nSPS) is 30.0. The van der Waals surface area contributed by atoms with E-state index in [9.17, 15) is 19.5 Å². The zero-order valence-corrected chi connectivity index (χ0v) is 22.4. The number of para-hydroxylation sites is 1. The summed E-state index contributed by atoms with van der Waals surface area (Å²) in [6.07, 6.45) is 5.91. The Balaban J connectivity index is 1.78. The van der Waals surface area contributed by atoms with Gasteiger partial charge >= 0.3 is 5.97 Å². The number of hydrogen-bond acceptors (Lipinski definition) is 5. The smallest absolute Gasteiger partial charge is 0.310 e. The lowest BCUT2D eigenvalue weighted by Gasteiger charge is -2.37. The number of aliphatic carboxylic acids is 1. The third kappa shape index (κ3) is 4.37. The van der Waals surface area contributed by atoms with E-state index >= 15 is 0 Å². The Morgan fingerprint density at radius 1 is 1.27 bits per heavy atom. The number of anilines is 1. The van der Waals surface area contributed by atoms with Gasteiger partial charge < -0.3 is 24.7 Å². The highest BCUT2D eigenvalue weighted by atomic mass is 35.5. The maximum Gasteiger partial charge on any atom is 0.310 e. The molecular weight excluding hydrogens is 496 g/mol. The molecule has 0 aromatic heterocycles. The molecule has 202 valence electrons. The number of aryl methyl sites for hydroxylation is 1. The van der Waals surface area contributed by atoms with Crippen LogP contribution in [0.3, 0.4) is 0 Å². The Labute approximate surface area is 223 Å². The number of carbonyl (C=O) groups excluding carboxylic acids is 2. The summed E-state index contributed by atoms with van der Waals surface area (Å²) in [4.78, 5) is 44.1. The van der Waals surface area contributed by atoms with Gasteiger partial charge in [0.2, 0.25) is 5.91 Å². The second kappa shape index (κ2) is 10.8. The summed E-state index contributed by atoms with van der Waals surface area (Å²) in [6.45, 7) is 8.19. The van der Waals surface area contributed by atoms with Crippen molar-refractivity contribution in [2.24, 2.45) is 11.8 Å². The minimum Gasteiger partial charge on any atom is -0.481 e. The standard InChI is InChI=1S/C28H37ClN2O6/c1-4-15-30(22-18(3)11-10-12-19(22)29)25(34)23-28-14-13-27(5-2,37-28)21(26(35)36)20(28)24(33)31(23)16-8-6-7-9-17-32/h4,10-12,20-21,23,32H,1,5-9,13-17H2,2-3H3,(H,35,36)/t20-,21-,23?,27+,28?/m0/s1. The van der Waals surface area contributed by atoms with Crippen molar-refractivity contribution >= 4 is 35.1 Å². The monoisotopic (exact) mass is 532 g/mol. The number of rotatable bonds is 12. The van der Waals surface area contributed by atoms with Crippen LogP contribution < -0.4 is 4.90 Å². The number of amides is 2. The molecule has 0 aliphatic carbocycles. The molecule has 9 heteroatoms. The van der Waals surface area contributed by atoms with Crippen LogP contribution in [0.1, 0.15) is 57.4 Å². The molecular formula is C28H37ClN2O6. The average molecular weight is 533 g/mol. The van der Waals surface area contributed by atoms with Crippen molar-refractivity contribution in [3.05, 3.63) is 41.4 Å². The first-order chi connectivity index (χ1) is 17.7. The number of halogens is 1. The molecule has 2 unspecified atom stereocenters. The molecule has 37 heavy (non-hydrogen) atoms. The van der Waals surface area contributed by atoms with E-state index in [0.29, 0.717) is 49.4 Å². The molecule has 3 aliphatic rings. The number of fused-ring (bicyclic) bond motifs is 1. The fourth-order valence-corrected chi connectivity index (χ4v) is 7.22. The van der Waals surface area contributed by atoms with Crippen LogP contribution in [0.2, 0.25) is 5.02 Å². The highest BCUT2D eigenvalue weighted by Crippen LogP contribution is 2.64. The van der Waals surface area contributed by atoms with Crippen molar-refractivity contribution in [3.63, 3.8) is 0 Å². The number of aliphatic hydroxyl groups is 1. The third-order valence-corrected chi connectivity index (χ3v) is 8.83. The fourth-order valence-electron chi connectivity index (χ4n) is 6.89. The van der Waals surface area contributed by atoms with Gasteiger partial charge in [-0.15, -0.1) is 6.58 Å². The minimum absolute atomic E-state index is 0.107. The van der Waals surface area contributed by atoms with E-state index < -0.39 is 35.0 Å². The maximum atomic E-state index is 14.5. The molecule has 3 saturated heterocycles. The minimum atomic E-state index is -1.20. The first-order valence-electron chi connectivity index (χ1n) is 13.2. The van der Waals surface area contributed by atoms with Crippen molar-refractivity contribution in [2.75, 3.05) is 24.6 Å². The number of hydrogen-bond donors (Lipinski definition) is 2. The fraction of sp³-hybridized carbons (Fsp3) is 0.607. The summed E-state index contributed by atoms with van der Waals surface area (Å²) in [5, 5.41) is 19.7. The molecule has 4 rings (SSSR count). The summed E-state index contributed by atoms with van der Waals surface area (Å²) in [6, 6.07) is 4.44. The molecule has 0 radical (unpaired) electrons. The molecule has 1 spiro atoms. The maximum absolute atomic E-state index is 14.5. The number of likely N-dealkylation sites (tertiary alicyclic amines) is 1. The van der Waals surface area contributed by atoms with E-state index in [1.807, 2.05) is 26.0 Å². The van der Waals surface area contributed by atoms with Crippen LogP contribution in [0.15, 0.2) is 30.9 Å². The first kappa shape index (κ1) is 27.6. The molecule has 5 atom stereocenters. The lowest BCUT2D eigenvalue weighted by molar-refractivity contribution is -0.155. The number of carboxylic acid groups (broad SMARTS) is 1. The molecule has 1 aromatic carbocycles. The number of carbonyl (C=O) groups is 3. The van der Waals surface area contributed by atoms with Crippen LogP contribution in [0.5, 0.6) is 0 Å². The van der Waals surface area contributed by atoms with Crippen molar-refractivity contribution < 1.29 is 29.3 Å². The van der Waals surface area contributed by atoms with Gasteiger partial charge in [0.1, 0.15) is 17.6 Å². The lowest BCUT2D eigenvalue weighted by atomic mass is 9.65. The van der Waals surface area contributed by atoms with Gasteiger partial charge in [-0.05, 0) is 50.7 Å². The molecule has 0 saturated carbocycles. The van der Waals surface area contributed by atoms with Gasteiger partial charge in [-0.3, -0.25) is 14.4 Å². The van der Waals surface area contributed by atoms with Gasteiger partial charge in [0.25, 0.3) is 5.91 Å². The van der Waals surface area contributed by atoms with Gasteiger partial charge in [-0.1, -0.05) is 49.6 Å². The molecule has 2 amide bonds. The molecule has 3 aliphatic heterocycles. The molecule has 1 aromatic rings. The van der Waals surface area contributed by atoms with Crippen LogP contribution in [0, 0.1) is 18.8 Å². The van der Waals surface area contributed by atoms with Gasteiger partial charge in [0, 0.05) is 19.7 Å². The number of benzene rings is 1. The number of carboxylic acids is 1. The summed E-state index contributed by atoms with van der Waals surface area (Å²) >= 11 is 6.57. The molecule has 2 bridgehead atoms. The van der Waals surface area contributed by atoms with Crippen molar-refractivity contribution in [1.82, 2.24) is 4.90 Å². The second-order valence-electron chi connectivity index (χ2n) is 10.5. The number of aliphatic hydroxyl groups excluding tert-OH is 1. The third-order valence-electron chi connectivity index (χ3n) is 8.52. The predicted octanol–water partition coefficient (Wildman–Crippen LogP) is 3.96. The van der Waals surface area contributed by atoms with Crippen molar-refractivity contribution in [3.8, 4) is 0 Å². The SMILES string of the molecule is C=CCN(C(=O)C1N(CCCCCCO)C(=O)[C@@H]2[C@@H](C(=O)O)[C@@]3(CC)CCC12O3)c1c(C)cccc1Cl. The highest BCUT2D eigenvalue weighted by Gasteiger charge is 2.79.